The molecule has 3 N–H and O–H groups in total. The third-order valence-corrected chi connectivity index (χ3v) is 1.77. The summed E-state index contributed by atoms with van der Waals surface area (Å²) >= 11 is 0. The van der Waals surface area contributed by atoms with Gasteiger partial charge in [-0.05, 0) is 6.92 Å². The van der Waals surface area contributed by atoms with E-state index in [-0.39, 0.29) is 6.07 Å². The summed E-state index contributed by atoms with van der Waals surface area (Å²) < 4.78 is 51.5. The van der Waals surface area contributed by atoms with Gasteiger partial charge in [-0.25, -0.2) is 17.6 Å². The first kappa shape index (κ1) is 12.4. The van der Waals surface area contributed by atoms with Crippen LogP contribution in [0, 0.1) is 23.3 Å². The number of carbonyl (C=O) groups excluding carboxylic acids is 1. The lowest BCUT2D eigenvalue weighted by atomic mass is 10.2. The molecule has 1 rings (SSSR count). The molecule has 1 atom stereocenters. The molecule has 0 aliphatic carbocycles. The van der Waals surface area contributed by atoms with E-state index < -0.39 is 40.9 Å². The summed E-state index contributed by atoms with van der Waals surface area (Å²) in [6.07, 6.45) is 0. The van der Waals surface area contributed by atoms with Gasteiger partial charge in [0.25, 0.3) is 0 Å². The highest BCUT2D eigenvalue weighted by molar-refractivity contribution is 5.94. The van der Waals surface area contributed by atoms with Crippen molar-refractivity contribution < 1.29 is 22.4 Å². The van der Waals surface area contributed by atoms with E-state index in [1.54, 1.807) is 5.32 Å². The maximum absolute atomic E-state index is 13.0. The highest BCUT2D eigenvalue weighted by atomic mass is 19.2. The second kappa shape index (κ2) is 4.48. The number of halogens is 4. The number of hydrogen-bond acceptors (Lipinski definition) is 2. The molecule has 0 saturated carbocycles. The van der Waals surface area contributed by atoms with Crippen LogP contribution in [-0.2, 0) is 4.79 Å². The van der Waals surface area contributed by atoms with Gasteiger partial charge in [-0.2, -0.15) is 0 Å². The fraction of sp³-hybridized carbons (Fsp3) is 0.222. The number of nitrogens with one attached hydrogen (secondary N) is 1. The van der Waals surface area contributed by atoms with Crippen LogP contribution >= 0.6 is 0 Å². The summed E-state index contributed by atoms with van der Waals surface area (Å²) in [6.45, 7) is 1.25. The van der Waals surface area contributed by atoms with Gasteiger partial charge in [0.2, 0.25) is 5.91 Å². The standard InChI is InChI=1S/C9H8F4N2O/c1-3(14)9(16)15-8-6(12)4(10)2-5(11)7(8)13/h2-3H,14H2,1H3,(H,15,16)/t3-/m1/s1. The minimum Gasteiger partial charge on any atom is -0.320 e. The van der Waals surface area contributed by atoms with Crippen molar-refractivity contribution in [1.29, 1.82) is 0 Å². The quantitative estimate of drug-likeness (QED) is 0.604. The Balaban J connectivity index is 3.18. The lowest BCUT2D eigenvalue weighted by molar-refractivity contribution is -0.117. The molecule has 0 aromatic heterocycles. The van der Waals surface area contributed by atoms with Gasteiger partial charge >= 0.3 is 0 Å². The summed E-state index contributed by atoms with van der Waals surface area (Å²) in [4.78, 5) is 11.0. The van der Waals surface area contributed by atoms with E-state index in [4.69, 9.17) is 5.73 Å². The largest absolute Gasteiger partial charge is 0.320 e. The van der Waals surface area contributed by atoms with Crippen LogP contribution in [0.25, 0.3) is 0 Å². The van der Waals surface area contributed by atoms with Crippen molar-refractivity contribution in [1.82, 2.24) is 0 Å². The number of hydrogen-bond donors (Lipinski definition) is 2. The molecule has 0 aliphatic heterocycles. The average molecular weight is 236 g/mol. The Kier molecular flexibility index (Phi) is 3.48. The molecule has 16 heavy (non-hydrogen) atoms. The summed E-state index contributed by atoms with van der Waals surface area (Å²) in [5, 5.41) is 1.67. The van der Waals surface area contributed by atoms with Gasteiger partial charge in [-0.3, -0.25) is 4.79 Å². The molecule has 0 heterocycles. The number of anilines is 1. The number of benzene rings is 1. The van der Waals surface area contributed by atoms with Crippen molar-refractivity contribution in [3.63, 3.8) is 0 Å². The molecule has 0 spiro atoms. The van der Waals surface area contributed by atoms with E-state index >= 15 is 0 Å². The monoisotopic (exact) mass is 236 g/mol. The number of rotatable bonds is 2. The Hall–Kier alpha value is -1.63. The van der Waals surface area contributed by atoms with Crippen molar-refractivity contribution in [2.45, 2.75) is 13.0 Å². The van der Waals surface area contributed by atoms with E-state index in [9.17, 15) is 22.4 Å². The van der Waals surface area contributed by atoms with Crippen molar-refractivity contribution in [3.05, 3.63) is 29.3 Å². The summed E-state index contributed by atoms with van der Waals surface area (Å²) in [5.74, 6) is -7.50. The lowest BCUT2D eigenvalue weighted by Gasteiger charge is -2.10. The van der Waals surface area contributed by atoms with Crippen LogP contribution in [0.1, 0.15) is 6.92 Å². The zero-order chi connectivity index (χ0) is 12.5. The minimum absolute atomic E-state index is 0.0478. The topological polar surface area (TPSA) is 55.1 Å². The average Bonchev–Trinajstić information content (AvgIpc) is 2.21. The smallest absolute Gasteiger partial charge is 0.241 e. The van der Waals surface area contributed by atoms with Gasteiger partial charge in [0.15, 0.2) is 23.3 Å². The third-order valence-electron chi connectivity index (χ3n) is 1.77. The number of nitrogens with two attached hydrogens (primary N) is 1. The Labute approximate surface area is 88.2 Å². The third kappa shape index (κ3) is 2.30. The van der Waals surface area contributed by atoms with E-state index in [1.165, 1.54) is 6.92 Å². The minimum atomic E-state index is -1.67. The first-order chi connectivity index (χ1) is 7.34. The van der Waals surface area contributed by atoms with Crippen molar-refractivity contribution in [2.75, 3.05) is 5.32 Å². The molecule has 0 fully saturated rings. The van der Waals surface area contributed by atoms with Gasteiger partial charge in [0, 0.05) is 6.07 Å². The molecule has 1 aromatic rings. The van der Waals surface area contributed by atoms with Gasteiger partial charge in [0.05, 0.1) is 6.04 Å². The Morgan fingerprint density at radius 1 is 1.25 bits per heavy atom. The van der Waals surface area contributed by atoms with Crippen molar-refractivity contribution >= 4 is 11.6 Å². The fourth-order valence-corrected chi connectivity index (χ4v) is 0.920. The van der Waals surface area contributed by atoms with Crippen molar-refractivity contribution in [3.8, 4) is 0 Å². The van der Waals surface area contributed by atoms with Crippen LogP contribution in [0.3, 0.4) is 0 Å². The SMILES string of the molecule is C[C@@H](N)C(=O)Nc1c(F)c(F)cc(F)c1F. The van der Waals surface area contributed by atoms with Gasteiger partial charge < -0.3 is 11.1 Å². The number of amides is 1. The fourth-order valence-electron chi connectivity index (χ4n) is 0.920. The maximum Gasteiger partial charge on any atom is 0.241 e. The highest BCUT2D eigenvalue weighted by Gasteiger charge is 2.21. The van der Waals surface area contributed by atoms with Crippen LogP contribution in [0.4, 0.5) is 23.2 Å². The molecule has 0 aliphatic rings. The van der Waals surface area contributed by atoms with Crippen molar-refractivity contribution in [2.24, 2.45) is 5.73 Å². The second-order valence-corrected chi connectivity index (χ2v) is 3.12. The maximum atomic E-state index is 13.0. The normalized spacial score (nSPS) is 12.4. The molecule has 7 heteroatoms. The summed E-state index contributed by atoms with van der Waals surface area (Å²) in [7, 11) is 0. The van der Waals surface area contributed by atoms with Crippen LogP contribution in [-0.4, -0.2) is 11.9 Å². The second-order valence-electron chi connectivity index (χ2n) is 3.12. The zero-order valence-corrected chi connectivity index (χ0v) is 8.15. The van der Waals surface area contributed by atoms with Gasteiger partial charge in [-0.15, -0.1) is 0 Å². The molecule has 3 nitrogen and oxygen atoms in total. The first-order valence-electron chi connectivity index (χ1n) is 4.24. The van der Waals surface area contributed by atoms with Gasteiger partial charge in [0.1, 0.15) is 5.69 Å². The van der Waals surface area contributed by atoms with Gasteiger partial charge in [-0.1, -0.05) is 0 Å². The van der Waals surface area contributed by atoms with Crippen LogP contribution in [0.5, 0.6) is 0 Å². The molecular formula is C9H8F4N2O. The van der Waals surface area contributed by atoms with E-state index in [0.29, 0.717) is 0 Å². The lowest BCUT2D eigenvalue weighted by Crippen LogP contribution is -2.33. The molecular weight excluding hydrogens is 228 g/mol. The Morgan fingerprint density at radius 3 is 2.06 bits per heavy atom. The molecule has 88 valence electrons. The predicted octanol–water partition coefficient (Wildman–Crippen LogP) is 1.53. The molecule has 0 radical (unpaired) electrons. The molecule has 0 unspecified atom stereocenters. The summed E-state index contributed by atoms with van der Waals surface area (Å²) in [5.41, 5.74) is 3.93. The first-order valence-corrected chi connectivity index (χ1v) is 4.24. The van der Waals surface area contributed by atoms with Crippen LogP contribution in [0.2, 0.25) is 0 Å². The molecule has 0 bridgehead atoms. The number of carbonyl (C=O) groups is 1. The molecule has 1 aromatic carbocycles. The van der Waals surface area contributed by atoms with Crippen LogP contribution in [0.15, 0.2) is 6.07 Å². The van der Waals surface area contributed by atoms with Crippen LogP contribution < -0.4 is 11.1 Å². The van der Waals surface area contributed by atoms with E-state index in [2.05, 4.69) is 0 Å². The molecule has 0 saturated heterocycles. The Morgan fingerprint density at radius 2 is 1.69 bits per heavy atom. The Bertz CT molecular complexity index is 408. The van der Waals surface area contributed by atoms with E-state index in [1.807, 2.05) is 0 Å². The summed E-state index contributed by atoms with van der Waals surface area (Å²) in [6, 6.07) is -1.02. The van der Waals surface area contributed by atoms with E-state index in [0.717, 1.165) is 0 Å². The highest BCUT2D eigenvalue weighted by Crippen LogP contribution is 2.24. The zero-order valence-electron chi connectivity index (χ0n) is 8.15. The predicted molar refractivity (Wildman–Crippen MR) is 48.6 cm³/mol. The molecule has 1 amide bonds.